The molecule has 0 fully saturated rings. The highest BCUT2D eigenvalue weighted by Crippen LogP contribution is 2.10. The number of carboxylic acids is 2. The molecule has 0 rings (SSSR count). The van der Waals surface area contributed by atoms with Gasteiger partial charge in [-0.25, -0.2) is 4.79 Å². The van der Waals surface area contributed by atoms with Crippen molar-refractivity contribution in [2.24, 2.45) is 17.4 Å². The van der Waals surface area contributed by atoms with Crippen LogP contribution in [0, 0.1) is 5.92 Å². The van der Waals surface area contributed by atoms with Gasteiger partial charge < -0.3 is 42.7 Å². The molecule has 5 atom stereocenters. The Morgan fingerprint density at radius 3 is 1.91 bits per heavy atom. The average Bonchev–Trinajstić information content (AvgIpc) is 2.70. The maximum Gasteiger partial charge on any atom is 0.328 e. The van der Waals surface area contributed by atoms with Crippen molar-refractivity contribution in [1.29, 1.82) is 0 Å². The van der Waals surface area contributed by atoms with Gasteiger partial charge in [-0.05, 0) is 12.3 Å². The topological polar surface area (TPSA) is 251 Å². The number of carbonyl (C=O) groups excluding carboxylic acids is 4. The van der Waals surface area contributed by atoms with E-state index in [0.717, 1.165) is 0 Å². The molecule has 4 amide bonds. The van der Waals surface area contributed by atoms with Crippen molar-refractivity contribution in [3.8, 4) is 0 Å². The van der Waals surface area contributed by atoms with Crippen LogP contribution >= 0.6 is 0 Å². The Balaban J connectivity index is 5.55. The lowest BCUT2D eigenvalue weighted by atomic mass is 9.97. The Morgan fingerprint density at radius 2 is 1.47 bits per heavy atom. The van der Waals surface area contributed by atoms with Crippen LogP contribution in [0.25, 0.3) is 0 Å². The summed E-state index contributed by atoms with van der Waals surface area (Å²) in [7, 11) is 0. The summed E-state index contributed by atoms with van der Waals surface area (Å²) >= 11 is 0. The highest BCUT2D eigenvalue weighted by Gasteiger charge is 2.32. The number of amides is 4. The molecular weight excluding hydrogens is 430 g/mol. The van der Waals surface area contributed by atoms with Crippen molar-refractivity contribution in [1.82, 2.24) is 16.0 Å². The molecule has 0 aromatic carbocycles. The van der Waals surface area contributed by atoms with E-state index in [1.807, 2.05) is 0 Å². The van der Waals surface area contributed by atoms with E-state index in [9.17, 15) is 28.8 Å². The maximum atomic E-state index is 12.8. The van der Waals surface area contributed by atoms with Crippen molar-refractivity contribution in [3.63, 3.8) is 0 Å². The minimum atomic E-state index is -1.60. The molecule has 0 saturated carbocycles. The first-order chi connectivity index (χ1) is 14.8. The van der Waals surface area contributed by atoms with Crippen molar-refractivity contribution >= 4 is 35.6 Å². The summed E-state index contributed by atoms with van der Waals surface area (Å²) < 4.78 is 0. The van der Waals surface area contributed by atoms with E-state index in [1.54, 1.807) is 13.8 Å². The molecule has 14 heteroatoms. The van der Waals surface area contributed by atoms with Crippen molar-refractivity contribution in [3.05, 3.63) is 0 Å². The Bertz CT molecular complexity index is 715. The Morgan fingerprint density at radius 1 is 0.906 bits per heavy atom. The largest absolute Gasteiger partial charge is 0.481 e. The van der Waals surface area contributed by atoms with Gasteiger partial charge in [0.15, 0.2) is 0 Å². The van der Waals surface area contributed by atoms with Crippen molar-refractivity contribution < 1.29 is 44.1 Å². The molecule has 14 nitrogen and oxygen atoms in total. The molecule has 0 bridgehead atoms. The SMILES string of the molecule is CCC(C)C(NC(=O)C(CCC(=O)O)NC(=O)C(N)CC(N)=O)C(=O)NC(CO)C(=O)O. The van der Waals surface area contributed by atoms with Crippen LogP contribution in [0.4, 0.5) is 0 Å². The summed E-state index contributed by atoms with van der Waals surface area (Å²) in [5.41, 5.74) is 10.5. The fourth-order valence-electron chi connectivity index (χ4n) is 2.53. The zero-order valence-corrected chi connectivity index (χ0v) is 17.9. The fourth-order valence-corrected chi connectivity index (χ4v) is 2.53. The van der Waals surface area contributed by atoms with E-state index >= 15 is 0 Å². The predicted molar refractivity (Wildman–Crippen MR) is 109 cm³/mol. The summed E-state index contributed by atoms with van der Waals surface area (Å²) in [6.45, 7) is 2.44. The number of nitrogens with two attached hydrogens (primary N) is 2. The molecule has 0 radical (unpaired) electrons. The van der Waals surface area contributed by atoms with Crippen LogP contribution in [0.1, 0.15) is 39.5 Å². The number of carbonyl (C=O) groups is 6. The Hall–Kier alpha value is -3.26. The Labute approximate surface area is 184 Å². The summed E-state index contributed by atoms with van der Waals surface area (Å²) in [5, 5.41) is 33.7. The molecule has 5 unspecified atom stereocenters. The molecule has 0 aromatic rings. The van der Waals surface area contributed by atoms with Gasteiger partial charge in [-0.1, -0.05) is 20.3 Å². The van der Waals surface area contributed by atoms with Crippen LogP contribution in [0.5, 0.6) is 0 Å². The summed E-state index contributed by atoms with van der Waals surface area (Å²) in [4.78, 5) is 70.4. The number of primary amides is 1. The first kappa shape index (κ1) is 28.7. The van der Waals surface area contributed by atoms with Crippen molar-refractivity contribution in [2.45, 2.75) is 63.7 Å². The third-order valence-corrected chi connectivity index (χ3v) is 4.63. The Kier molecular flexibility index (Phi) is 12.5. The maximum absolute atomic E-state index is 12.8. The standard InChI is InChI=1S/C18H31N5O9/c1-3-8(2)14(17(30)22-11(7-24)18(31)32)23-16(29)10(4-5-13(26)27)21-15(28)9(19)6-12(20)25/h8-11,14,24H,3-7,19H2,1-2H3,(H2,20,25)(H,21,28)(H,22,30)(H,23,29)(H,26,27)(H,31,32). The summed E-state index contributed by atoms with van der Waals surface area (Å²) in [5.74, 6) is -6.80. The molecule has 0 saturated heterocycles. The minimum Gasteiger partial charge on any atom is -0.481 e. The number of nitrogens with one attached hydrogen (secondary N) is 3. The molecule has 0 heterocycles. The monoisotopic (exact) mass is 461 g/mol. The first-order valence-electron chi connectivity index (χ1n) is 9.84. The van der Waals surface area contributed by atoms with Crippen LogP contribution < -0.4 is 27.4 Å². The number of hydrogen-bond donors (Lipinski definition) is 8. The lowest BCUT2D eigenvalue weighted by Crippen LogP contribution is -2.59. The van der Waals surface area contributed by atoms with Gasteiger partial charge in [0.2, 0.25) is 23.6 Å². The third kappa shape index (κ3) is 10.2. The molecular formula is C18H31N5O9. The number of aliphatic hydroxyl groups is 1. The smallest absolute Gasteiger partial charge is 0.328 e. The van der Waals surface area contributed by atoms with Gasteiger partial charge >= 0.3 is 11.9 Å². The molecule has 0 aliphatic heterocycles. The van der Waals surface area contributed by atoms with E-state index in [-0.39, 0.29) is 6.42 Å². The second kappa shape index (κ2) is 13.9. The normalized spacial score (nSPS) is 15.4. The van der Waals surface area contributed by atoms with E-state index in [0.29, 0.717) is 6.42 Å². The average molecular weight is 461 g/mol. The minimum absolute atomic E-state index is 0.348. The quantitative estimate of drug-likeness (QED) is 0.120. The van der Waals surface area contributed by atoms with Gasteiger partial charge in [-0.2, -0.15) is 0 Å². The molecule has 32 heavy (non-hydrogen) atoms. The van der Waals surface area contributed by atoms with Crippen LogP contribution in [0.2, 0.25) is 0 Å². The molecule has 0 aliphatic rings. The van der Waals surface area contributed by atoms with Gasteiger partial charge in [-0.15, -0.1) is 0 Å². The zero-order valence-electron chi connectivity index (χ0n) is 17.9. The molecule has 0 aliphatic carbocycles. The number of rotatable bonds is 15. The molecule has 10 N–H and O–H groups in total. The first-order valence-corrected chi connectivity index (χ1v) is 9.84. The zero-order chi connectivity index (χ0) is 25.0. The number of hydrogen-bond acceptors (Lipinski definition) is 8. The van der Waals surface area contributed by atoms with Crippen LogP contribution in [-0.4, -0.2) is 81.7 Å². The predicted octanol–water partition coefficient (Wildman–Crippen LogP) is -3.37. The van der Waals surface area contributed by atoms with Gasteiger partial charge in [-0.3, -0.25) is 24.0 Å². The number of carboxylic acid groups (broad SMARTS) is 2. The van der Waals surface area contributed by atoms with Crippen molar-refractivity contribution in [2.75, 3.05) is 6.61 Å². The lowest BCUT2D eigenvalue weighted by molar-refractivity contribution is -0.143. The fraction of sp³-hybridized carbons (Fsp3) is 0.667. The van der Waals surface area contributed by atoms with Crippen LogP contribution in [0.3, 0.4) is 0 Å². The van der Waals surface area contributed by atoms with Gasteiger partial charge in [0.05, 0.1) is 19.1 Å². The second-order valence-electron chi connectivity index (χ2n) is 7.22. The van der Waals surface area contributed by atoms with E-state index < -0.39 is 85.1 Å². The second-order valence-corrected chi connectivity index (χ2v) is 7.22. The van der Waals surface area contributed by atoms with E-state index in [1.165, 1.54) is 0 Å². The van der Waals surface area contributed by atoms with Crippen LogP contribution in [0.15, 0.2) is 0 Å². The molecule has 0 spiro atoms. The highest BCUT2D eigenvalue weighted by molar-refractivity contribution is 5.95. The van der Waals surface area contributed by atoms with Crippen LogP contribution in [-0.2, 0) is 28.8 Å². The van der Waals surface area contributed by atoms with Gasteiger partial charge in [0.25, 0.3) is 0 Å². The van der Waals surface area contributed by atoms with E-state index in [2.05, 4.69) is 16.0 Å². The highest BCUT2D eigenvalue weighted by atomic mass is 16.4. The summed E-state index contributed by atoms with van der Waals surface area (Å²) in [6.07, 6.45) is -0.964. The molecule has 0 aromatic heterocycles. The summed E-state index contributed by atoms with van der Waals surface area (Å²) in [6, 6.07) is -5.63. The number of aliphatic hydroxyl groups excluding tert-OH is 1. The van der Waals surface area contributed by atoms with Gasteiger partial charge in [0.1, 0.15) is 18.1 Å². The van der Waals surface area contributed by atoms with E-state index in [4.69, 9.17) is 26.8 Å². The lowest BCUT2D eigenvalue weighted by Gasteiger charge is -2.27. The third-order valence-electron chi connectivity index (χ3n) is 4.63. The number of aliphatic carboxylic acids is 2. The van der Waals surface area contributed by atoms with Gasteiger partial charge in [0, 0.05) is 6.42 Å². The molecule has 182 valence electrons.